The van der Waals surface area contributed by atoms with E-state index in [1.165, 1.54) is 20.5 Å². The van der Waals surface area contributed by atoms with Gasteiger partial charge in [0.15, 0.2) is 30.0 Å². The summed E-state index contributed by atoms with van der Waals surface area (Å²) in [7, 11) is 1.45. The number of benzene rings is 1. The molecule has 1 aromatic rings. The quantitative estimate of drug-likeness (QED) is 0.541. The van der Waals surface area contributed by atoms with Crippen molar-refractivity contribution in [3.8, 4) is 11.5 Å². The summed E-state index contributed by atoms with van der Waals surface area (Å²) < 4.78 is 15.8. The van der Waals surface area contributed by atoms with E-state index in [0.717, 1.165) is 19.3 Å². The Kier molecular flexibility index (Phi) is 7.84. The molecule has 0 spiro atoms. The van der Waals surface area contributed by atoms with Crippen LogP contribution in [-0.4, -0.2) is 43.5 Å². The van der Waals surface area contributed by atoms with E-state index in [-0.39, 0.29) is 24.3 Å². The number of carbonyl (C=O) groups excluding carboxylic acids is 3. The van der Waals surface area contributed by atoms with Crippen molar-refractivity contribution in [2.45, 2.75) is 58.6 Å². The summed E-state index contributed by atoms with van der Waals surface area (Å²) in [6, 6.07) is 4.82. The van der Waals surface area contributed by atoms with Gasteiger partial charge < -0.3 is 19.5 Å². The van der Waals surface area contributed by atoms with E-state index in [1.54, 1.807) is 25.1 Å². The number of methoxy groups -OCH3 is 1. The van der Waals surface area contributed by atoms with Crippen LogP contribution in [-0.2, 0) is 14.3 Å². The fraction of sp³-hybridized carbons (Fsp3) is 0.571. The second-order valence-electron chi connectivity index (χ2n) is 7.22. The van der Waals surface area contributed by atoms with Gasteiger partial charge in [-0.1, -0.05) is 19.8 Å². The molecule has 1 amide bonds. The molecular formula is C21H29NO6. The summed E-state index contributed by atoms with van der Waals surface area (Å²) in [5.41, 5.74) is 0.481. The molecule has 7 nitrogen and oxygen atoms in total. The highest BCUT2D eigenvalue weighted by molar-refractivity contribution is 5.94. The Morgan fingerprint density at radius 2 is 1.89 bits per heavy atom. The molecule has 0 bridgehead atoms. The second kappa shape index (κ2) is 10.1. The smallest absolute Gasteiger partial charge is 0.344 e. The number of amides is 1. The van der Waals surface area contributed by atoms with Crippen LogP contribution in [0.1, 0.15) is 56.8 Å². The van der Waals surface area contributed by atoms with Gasteiger partial charge in [-0.2, -0.15) is 0 Å². The molecule has 0 aliphatic heterocycles. The van der Waals surface area contributed by atoms with Crippen molar-refractivity contribution >= 4 is 17.7 Å². The van der Waals surface area contributed by atoms with Crippen LogP contribution in [0.25, 0.3) is 0 Å². The fourth-order valence-corrected chi connectivity index (χ4v) is 3.26. The lowest BCUT2D eigenvalue weighted by Crippen LogP contribution is -2.46. The predicted molar refractivity (Wildman–Crippen MR) is 104 cm³/mol. The van der Waals surface area contributed by atoms with E-state index in [1.807, 2.05) is 0 Å². The molecule has 0 radical (unpaired) electrons. The van der Waals surface area contributed by atoms with Crippen molar-refractivity contribution < 1.29 is 28.6 Å². The van der Waals surface area contributed by atoms with Crippen LogP contribution in [0.15, 0.2) is 18.2 Å². The highest BCUT2D eigenvalue weighted by Gasteiger charge is 2.26. The zero-order valence-electron chi connectivity index (χ0n) is 16.9. The average molecular weight is 391 g/mol. The number of hydrogen-bond acceptors (Lipinski definition) is 6. The number of ketones is 1. The minimum absolute atomic E-state index is 0.101. The number of carbonyl (C=O) groups is 3. The van der Waals surface area contributed by atoms with Gasteiger partial charge in [0.1, 0.15) is 0 Å². The SMILES string of the molecule is COc1cc(C(C)=O)ccc1OCC(=O)O[C@H](C)C(=O)N[C@H]1CCCC[C@H]1C. The summed E-state index contributed by atoms with van der Waals surface area (Å²) in [5, 5.41) is 2.97. The van der Waals surface area contributed by atoms with Crippen LogP contribution in [0.3, 0.4) is 0 Å². The van der Waals surface area contributed by atoms with Gasteiger partial charge in [0.05, 0.1) is 7.11 Å². The fourth-order valence-electron chi connectivity index (χ4n) is 3.26. The van der Waals surface area contributed by atoms with Crippen molar-refractivity contribution in [2.75, 3.05) is 13.7 Å². The van der Waals surface area contributed by atoms with E-state index in [9.17, 15) is 14.4 Å². The first-order valence-electron chi connectivity index (χ1n) is 9.63. The summed E-state index contributed by atoms with van der Waals surface area (Å²) >= 11 is 0. The summed E-state index contributed by atoms with van der Waals surface area (Å²) in [4.78, 5) is 35.8. The summed E-state index contributed by atoms with van der Waals surface area (Å²) in [6.07, 6.45) is 3.44. The zero-order chi connectivity index (χ0) is 20.7. The Morgan fingerprint density at radius 1 is 1.18 bits per heavy atom. The van der Waals surface area contributed by atoms with E-state index < -0.39 is 12.1 Å². The third kappa shape index (κ3) is 5.97. The summed E-state index contributed by atoms with van der Waals surface area (Å²) in [6.45, 7) is 4.75. The molecule has 0 saturated heterocycles. The molecule has 1 aromatic carbocycles. The Bertz CT molecular complexity index is 717. The van der Waals surface area contributed by atoms with E-state index in [2.05, 4.69) is 12.2 Å². The Labute approximate surface area is 165 Å². The molecule has 7 heteroatoms. The van der Waals surface area contributed by atoms with E-state index in [0.29, 0.717) is 23.0 Å². The minimum Gasteiger partial charge on any atom is -0.493 e. The number of Topliss-reactive ketones (excluding diaryl/α,β-unsaturated/α-hetero) is 1. The largest absolute Gasteiger partial charge is 0.493 e. The number of rotatable bonds is 8. The summed E-state index contributed by atoms with van der Waals surface area (Å²) in [5.74, 6) is 0.0356. The van der Waals surface area contributed by atoms with Gasteiger partial charge in [-0.15, -0.1) is 0 Å². The first-order valence-corrected chi connectivity index (χ1v) is 9.63. The molecule has 0 aromatic heterocycles. The lowest BCUT2D eigenvalue weighted by Gasteiger charge is -2.30. The van der Waals surface area contributed by atoms with Gasteiger partial charge in [-0.3, -0.25) is 9.59 Å². The van der Waals surface area contributed by atoms with Crippen LogP contribution in [0.4, 0.5) is 0 Å². The molecule has 1 aliphatic rings. The molecule has 0 heterocycles. The molecular weight excluding hydrogens is 362 g/mol. The monoisotopic (exact) mass is 391 g/mol. The highest BCUT2D eigenvalue weighted by atomic mass is 16.6. The first-order chi connectivity index (χ1) is 13.3. The van der Waals surface area contributed by atoms with E-state index in [4.69, 9.17) is 14.2 Å². The van der Waals surface area contributed by atoms with Gasteiger partial charge in [0.25, 0.3) is 5.91 Å². The molecule has 3 atom stereocenters. The van der Waals surface area contributed by atoms with Gasteiger partial charge in [-0.25, -0.2) is 4.79 Å². The third-order valence-electron chi connectivity index (χ3n) is 5.03. The van der Waals surface area contributed by atoms with Gasteiger partial charge in [0, 0.05) is 11.6 Å². The van der Waals surface area contributed by atoms with Crippen LogP contribution in [0, 0.1) is 5.92 Å². The number of nitrogens with one attached hydrogen (secondary N) is 1. The van der Waals surface area contributed by atoms with Crippen molar-refractivity contribution in [3.63, 3.8) is 0 Å². The maximum atomic E-state index is 12.3. The van der Waals surface area contributed by atoms with Gasteiger partial charge in [-0.05, 0) is 50.8 Å². The van der Waals surface area contributed by atoms with Gasteiger partial charge in [0.2, 0.25) is 0 Å². The number of ether oxygens (including phenoxy) is 3. The molecule has 1 aliphatic carbocycles. The molecule has 154 valence electrons. The highest BCUT2D eigenvalue weighted by Crippen LogP contribution is 2.28. The lowest BCUT2D eigenvalue weighted by atomic mass is 9.86. The van der Waals surface area contributed by atoms with Crippen LogP contribution in [0.5, 0.6) is 11.5 Å². The second-order valence-corrected chi connectivity index (χ2v) is 7.22. The predicted octanol–water partition coefficient (Wildman–Crippen LogP) is 2.90. The number of esters is 1. The third-order valence-corrected chi connectivity index (χ3v) is 5.03. The van der Waals surface area contributed by atoms with Gasteiger partial charge >= 0.3 is 5.97 Å². The van der Waals surface area contributed by atoms with Crippen molar-refractivity contribution in [1.82, 2.24) is 5.32 Å². The van der Waals surface area contributed by atoms with Crippen LogP contribution < -0.4 is 14.8 Å². The molecule has 2 rings (SSSR count). The average Bonchev–Trinajstić information content (AvgIpc) is 2.67. The topological polar surface area (TPSA) is 90.9 Å². The van der Waals surface area contributed by atoms with Crippen molar-refractivity contribution in [3.05, 3.63) is 23.8 Å². The maximum absolute atomic E-state index is 12.3. The van der Waals surface area contributed by atoms with Crippen LogP contribution >= 0.6 is 0 Å². The zero-order valence-corrected chi connectivity index (χ0v) is 16.9. The normalized spacial score (nSPS) is 20.0. The van der Waals surface area contributed by atoms with Crippen LogP contribution in [0.2, 0.25) is 0 Å². The standard InChI is InChI=1S/C21H29NO6/c1-13-7-5-6-8-17(13)22-21(25)15(3)28-20(24)12-27-18-10-9-16(14(2)23)11-19(18)26-4/h9-11,13,15,17H,5-8,12H2,1-4H3,(H,22,25)/t13-,15-,17+/m1/s1. The Balaban J connectivity index is 1.84. The van der Waals surface area contributed by atoms with Crippen molar-refractivity contribution in [2.24, 2.45) is 5.92 Å². The van der Waals surface area contributed by atoms with E-state index >= 15 is 0 Å². The lowest BCUT2D eigenvalue weighted by molar-refractivity contribution is -0.157. The molecule has 0 unspecified atom stereocenters. The molecule has 28 heavy (non-hydrogen) atoms. The van der Waals surface area contributed by atoms with Crippen molar-refractivity contribution in [1.29, 1.82) is 0 Å². The first kappa shape index (κ1) is 21.7. The minimum atomic E-state index is -0.896. The number of hydrogen-bond donors (Lipinski definition) is 1. The molecule has 1 fully saturated rings. The Morgan fingerprint density at radius 3 is 2.54 bits per heavy atom. The maximum Gasteiger partial charge on any atom is 0.344 e. The molecule has 1 saturated carbocycles. The molecule has 1 N–H and O–H groups in total. The Hall–Kier alpha value is -2.57.